The number of hydrogen-bond donors (Lipinski definition) is 0. The van der Waals surface area contributed by atoms with Gasteiger partial charge in [-0.05, 0) is 48.9 Å². The fourth-order valence-electron chi connectivity index (χ4n) is 1.94. The number of fused-ring (bicyclic) bond motifs is 1. The topological polar surface area (TPSA) is 0 Å². The van der Waals surface area contributed by atoms with Crippen molar-refractivity contribution in [3.63, 3.8) is 0 Å². The van der Waals surface area contributed by atoms with Crippen LogP contribution in [0.2, 0.25) is 0 Å². The van der Waals surface area contributed by atoms with Gasteiger partial charge in [0.05, 0.1) is 0 Å². The lowest BCUT2D eigenvalue weighted by Gasteiger charge is -2.06. The molecule has 1 heteroatoms. The van der Waals surface area contributed by atoms with E-state index < -0.39 is 0 Å². The summed E-state index contributed by atoms with van der Waals surface area (Å²) in [5, 5.41) is 0. The zero-order valence-electron chi connectivity index (χ0n) is 11.8. The predicted octanol–water partition coefficient (Wildman–Crippen LogP) is 5.17. The Balaban J connectivity index is 0.000000581. The maximum Gasteiger partial charge on any atom is 0.123 e. The molecule has 0 aliphatic heterocycles. The first-order chi connectivity index (χ1) is 8.16. The molecule has 1 atom stereocenters. The molecule has 1 aliphatic rings. The summed E-state index contributed by atoms with van der Waals surface area (Å²) in [6, 6.07) is 5.09. The lowest BCUT2D eigenvalue weighted by molar-refractivity contribution is 0.624. The molecule has 0 fully saturated rings. The molecule has 0 saturated heterocycles. The Kier molecular flexibility index (Phi) is 7.53. The van der Waals surface area contributed by atoms with E-state index in [0.717, 1.165) is 18.4 Å². The Labute approximate surface area is 106 Å². The highest BCUT2D eigenvalue weighted by atomic mass is 19.1. The summed E-state index contributed by atoms with van der Waals surface area (Å²) in [7, 11) is 0. The lowest BCUT2D eigenvalue weighted by atomic mass is 9.99. The molecule has 0 aromatic heterocycles. The molecular formula is C16H25F. The predicted molar refractivity (Wildman–Crippen MR) is 74.8 cm³/mol. The summed E-state index contributed by atoms with van der Waals surface area (Å²) >= 11 is 0. The first-order valence-corrected chi connectivity index (χ1v) is 6.59. The van der Waals surface area contributed by atoms with Crippen LogP contribution in [-0.4, -0.2) is 0 Å². The lowest BCUT2D eigenvalue weighted by Crippen LogP contribution is -1.99. The summed E-state index contributed by atoms with van der Waals surface area (Å²) in [5.41, 5.74) is 3.65. The summed E-state index contributed by atoms with van der Waals surface area (Å²) < 4.78 is 12.9. The Bertz CT molecular complexity index is 353. The molecule has 0 heterocycles. The van der Waals surface area contributed by atoms with Crippen LogP contribution in [0.25, 0.3) is 0 Å². The second-order valence-electron chi connectivity index (χ2n) is 3.86. The normalized spacial score (nSPS) is 16.0. The first-order valence-electron chi connectivity index (χ1n) is 6.59. The van der Waals surface area contributed by atoms with Gasteiger partial charge in [-0.15, -0.1) is 0 Å². The van der Waals surface area contributed by atoms with Crippen molar-refractivity contribution >= 4 is 0 Å². The van der Waals surface area contributed by atoms with Crippen LogP contribution in [0, 0.1) is 11.7 Å². The molecule has 1 unspecified atom stereocenters. The highest BCUT2D eigenvalue weighted by molar-refractivity contribution is 5.35. The highest BCUT2D eigenvalue weighted by Gasteiger charge is 2.21. The molecular weight excluding hydrogens is 211 g/mol. The molecule has 1 aromatic rings. The van der Waals surface area contributed by atoms with Gasteiger partial charge in [-0.25, -0.2) is 4.39 Å². The van der Waals surface area contributed by atoms with Crippen molar-refractivity contribution in [2.45, 2.75) is 47.5 Å². The minimum absolute atomic E-state index is 0.124. The number of benzene rings is 1. The molecule has 0 saturated carbocycles. The van der Waals surface area contributed by atoms with Gasteiger partial charge in [-0.3, -0.25) is 0 Å². The fourth-order valence-corrected chi connectivity index (χ4v) is 1.94. The van der Waals surface area contributed by atoms with Gasteiger partial charge in [-0.1, -0.05) is 45.9 Å². The SMILES string of the molecule is C=C(C)C1Cc2ccc(F)cc2C1.CC.CC. The maximum atomic E-state index is 12.9. The van der Waals surface area contributed by atoms with Crippen LogP contribution < -0.4 is 0 Å². The summed E-state index contributed by atoms with van der Waals surface area (Å²) in [4.78, 5) is 0. The monoisotopic (exact) mass is 236 g/mol. The number of rotatable bonds is 1. The van der Waals surface area contributed by atoms with Gasteiger partial charge in [-0.2, -0.15) is 0 Å². The van der Waals surface area contributed by atoms with E-state index >= 15 is 0 Å². The minimum atomic E-state index is -0.124. The Morgan fingerprint density at radius 1 is 1.12 bits per heavy atom. The van der Waals surface area contributed by atoms with E-state index in [1.807, 2.05) is 40.7 Å². The number of allylic oxidation sites excluding steroid dienone is 1. The molecule has 0 spiro atoms. The van der Waals surface area contributed by atoms with Crippen LogP contribution >= 0.6 is 0 Å². The van der Waals surface area contributed by atoms with Crippen molar-refractivity contribution < 1.29 is 4.39 Å². The van der Waals surface area contributed by atoms with Crippen LogP contribution in [0.3, 0.4) is 0 Å². The van der Waals surface area contributed by atoms with E-state index in [0.29, 0.717) is 5.92 Å². The fraction of sp³-hybridized carbons (Fsp3) is 0.500. The Morgan fingerprint density at radius 2 is 1.65 bits per heavy atom. The van der Waals surface area contributed by atoms with E-state index in [1.165, 1.54) is 11.1 Å². The number of halogens is 1. The molecule has 17 heavy (non-hydrogen) atoms. The molecule has 0 bridgehead atoms. The van der Waals surface area contributed by atoms with Gasteiger partial charge in [0.15, 0.2) is 0 Å². The van der Waals surface area contributed by atoms with Gasteiger partial charge >= 0.3 is 0 Å². The van der Waals surface area contributed by atoms with Gasteiger partial charge in [0, 0.05) is 0 Å². The molecule has 0 radical (unpaired) electrons. The van der Waals surface area contributed by atoms with Crippen LogP contribution in [0.4, 0.5) is 4.39 Å². The van der Waals surface area contributed by atoms with E-state index in [2.05, 4.69) is 6.58 Å². The average Bonchev–Trinajstić information content (AvgIpc) is 2.77. The number of hydrogen-bond acceptors (Lipinski definition) is 0. The van der Waals surface area contributed by atoms with Gasteiger partial charge in [0.2, 0.25) is 0 Å². The van der Waals surface area contributed by atoms with Crippen LogP contribution in [0.1, 0.15) is 45.7 Å². The van der Waals surface area contributed by atoms with Gasteiger partial charge < -0.3 is 0 Å². The Hall–Kier alpha value is -1.11. The molecule has 1 aliphatic carbocycles. The van der Waals surface area contributed by atoms with Crippen molar-refractivity contribution in [2.75, 3.05) is 0 Å². The molecule has 96 valence electrons. The first kappa shape index (κ1) is 15.9. The summed E-state index contributed by atoms with van der Waals surface area (Å²) in [6.07, 6.45) is 1.99. The van der Waals surface area contributed by atoms with E-state index in [4.69, 9.17) is 0 Å². The maximum absolute atomic E-state index is 12.9. The molecule has 0 N–H and O–H groups in total. The van der Waals surface area contributed by atoms with E-state index in [9.17, 15) is 4.39 Å². The highest BCUT2D eigenvalue weighted by Crippen LogP contribution is 2.30. The quantitative estimate of drug-likeness (QED) is 0.590. The smallest absolute Gasteiger partial charge is 0.123 e. The van der Waals surface area contributed by atoms with E-state index in [1.54, 1.807) is 12.1 Å². The molecule has 1 aromatic carbocycles. The molecule has 2 rings (SSSR count). The van der Waals surface area contributed by atoms with Gasteiger partial charge in [0.25, 0.3) is 0 Å². The zero-order chi connectivity index (χ0) is 13.4. The molecule has 0 nitrogen and oxygen atoms in total. The van der Waals surface area contributed by atoms with Gasteiger partial charge in [0.1, 0.15) is 5.82 Å². The van der Waals surface area contributed by atoms with Crippen LogP contribution in [0.15, 0.2) is 30.4 Å². The third kappa shape index (κ3) is 4.33. The molecule has 0 amide bonds. The van der Waals surface area contributed by atoms with Crippen LogP contribution in [-0.2, 0) is 12.8 Å². The van der Waals surface area contributed by atoms with Crippen molar-refractivity contribution in [2.24, 2.45) is 5.92 Å². The standard InChI is InChI=1S/C12H13F.2C2H6/c1-8(2)10-5-9-3-4-12(13)7-11(9)6-10;2*1-2/h3-4,7,10H,1,5-6H2,2H3;2*1-2H3. The summed E-state index contributed by atoms with van der Waals surface area (Å²) in [6.45, 7) is 14.0. The second-order valence-corrected chi connectivity index (χ2v) is 3.86. The van der Waals surface area contributed by atoms with Crippen molar-refractivity contribution in [3.8, 4) is 0 Å². The summed E-state index contributed by atoms with van der Waals surface area (Å²) in [5.74, 6) is 0.401. The second kappa shape index (κ2) is 8.05. The average molecular weight is 236 g/mol. The zero-order valence-corrected chi connectivity index (χ0v) is 11.8. The van der Waals surface area contributed by atoms with Crippen molar-refractivity contribution in [3.05, 3.63) is 47.3 Å². The Morgan fingerprint density at radius 3 is 2.18 bits per heavy atom. The van der Waals surface area contributed by atoms with Crippen molar-refractivity contribution in [1.29, 1.82) is 0 Å². The van der Waals surface area contributed by atoms with E-state index in [-0.39, 0.29) is 5.82 Å². The van der Waals surface area contributed by atoms with Crippen LogP contribution in [0.5, 0.6) is 0 Å². The third-order valence-corrected chi connectivity index (χ3v) is 2.80. The largest absolute Gasteiger partial charge is 0.207 e. The third-order valence-electron chi connectivity index (χ3n) is 2.80. The van der Waals surface area contributed by atoms with Crippen molar-refractivity contribution in [1.82, 2.24) is 0 Å². The minimum Gasteiger partial charge on any atom is -0.207 e.